The summed E-state index contributed by atoms with van der Waals surface area (Å²) in [5.41, 5.74) is 3.00. The van der Waals surface area contributed by atoms with E-state index >= 15 is 0 Å². The molecular formula is C22H23NO4. The molecule has 1 aliphatic rings. The molecule has 1 N–H and O–H groups in total. The van der Waals surface area contributed by atoms with E-state index in [-0.39, 0.29) is 23.8 Å². The van der Waals surface area contributed by atoms with Crippen LogP contribution in [0.1, 0.15) is 30.0 Å². The van der Waals surface area contributed by atoms with Gasteiger partial charge in [-0.05, 0) is 42.3 Å². The summed E-state index contributed by atoms with van der Waals surface area (Å²) >= 11 is 0. The molecule has 0 saturated carbocycles. The maximum Gasteiger partial charge on any atom is 0.311 e. The van der Waals surface area contributed by atoms with Gasteiger partial charge in [-0.15, -0.1) is 0 Å². The number of furan rings is 1. The summed E-state index contributed by atoms with van der Waals surface area (Å²) in [6, 6.07) is 15.7. The second-order valence-corrected chi connectivity index (χ2v) is 6.72. The molecule has 0 spiro atoms. The van der Waals surface area contributed by atoms with E-state index in [9.17, 15) is 4.79 Å². The molecule has 3 atom stereocenters. The van der Waals surface area contributed by atoms with Crippen LogP contribution in [0.2, 0.25) is 0 Å². The fraction of sp³-hybridized carbons (Fsp3) is 0.318. The average molecular weight is 365 g/mol. The van der Waals surface area contributed by atoms with Crippen molar-refractivity contribution in [3.63, 3.8) is 0 Å². The van der Waals surface area contributed by atoms with Crippen molar-refractivity contribution in [2.24, 2.45) is 5.92 Å². The van der Waals surface area contributed by atoms with Crippen molar-refractivity contribution in [3.8, 4) is 5.75 Å². The highest BCUT2D eigenvalue weighted by atomic mass is 16.5. The van der Waals surface area contributed by atoms with Crippen LogP contribution in [0.5, 0.6) is 5.75 Å². The predicted molar refractivity (Wildman–Crippen MR) is 103 cm³/mol. The Bertz CT molecular complexity index is 931. The maximum absolute atomic E-state index is 12.9. The number of fused-ring (bicyclic) bond motifs is 1. The van der Waals surface area contributed by atoms with Gasteiger partial charge in [0.1, 0.15) is 11.3 Å². The van der Waals surface area contributed by atoms with Crippen LogP contribution >= 0.6 is 0 Å². The van der Waals surface area contributed by atoms with Gasteiger partial charge in [-0.25, -0.2) is 0 Å². The lowest BCUT2D eigenvalue weighted by Gasteiger charge is -2.23. The minimum atomic E-state index is -0.307. The fourth-order valence-corrected chi connectivity index (χ4v) is 4.06. The van der Waals surface area contributed by atoms with Gasteiger partial charge >= 0.3 is 5.97 Å². The van der Waals surface area contributed by atoms with Gasteiger partial charge in [-0.3, -0.25) is 4.79 Å². The van der Waals surface area contributed by atoms with Crippen molar-refractivity contribution in [1.82, 2.24) is 5.32 Å². The van der Waals surface area contributed by atoms with E-state index in [1.54, 1.807) is 13.4 Å². The van der Waals surface area contributed by atoms with Gasteiger partial charge in [-0.1, -0.05) is 24.3 Å². The topological polar surface area (TPSA) is 60.7 Å². The number of carbonyl (C=O) groups excluding carboxylic acids is 1. The van der Waals surface area contributed by atoms with Crippen LogP contribution in [0, 0.1) is 5.92 Å². The third-order valence-electron chi connectivity index (χ3n) is 5.31. The minimum Gasteiger partial charge on any atom is -0.497 e. The molecule has 5 nitrogen and oxygen atoms in total. The summed E-state index contributed by atoms with van der Waals surface area (Å²) in [5, 5.41) is 4.58. The van der Waals surface area contributed by atoms with Gasteiger partial charge in [0.05, 0.1) is 25.9 Å². The quantitative estimate of drug-likeness (QED) is 0.691. The Kier molecular flexibility index (Phi) is 4.86. The predicted octanol–water partition coefficient (Wildman–Crippen LogP) is 4.05. The molecule has 0 bridgehead atoms. The molecule has 0 unspecified atom stereocenters. The summed E-state index contributed by atoms with van der Waals surface area (Å²) in [6.07, 6.45) is 1.69. The lowest BCUT2D eigenvalue weighted by molar-refractivity contribution is -0.148. The standard InChI is InChI=1S/C22H23NO4/c1-3-26-22(24)20-18(16-5-4-6-19-17(16)11-12-27-19)13-23-21(20)14-7-9-15(25-2)10-8-14/h4-12,18,20-21,23H,3,13H2,1-2H3/t18-,20-,21+/m1/s1. The largest absolute Gasteiger partial charge is 0.497 e. The molecule has 0 aliphatic carbocycles. The zero-order chi connectivity index (χ0) is 18.8. The number of methoxy groups -OCH3 is 1. The number of ether oxygens (including phenoxy) is 2. The van der Waals surface area contributed by atoms with Crippen molar-refractivity contribution >= 4 is 16.9 Å². The van der Waals surface area contributed by atoms with Gasteiger partial charge in [-0.2, -0.15) is 0 Å². The molecule has 0 amide bonds. The second-order valence-electron chi connectivity index (χ2n) is 6.72. The highest BCUT2D eigenvalue weighted by Crippen LogP contribution is 2.43. The molecule has 1 aliphatic heterocycles. The van der Waals surface area contributed by atoms with E-state index < -0.39 is 0 Å². The van der Waals surface area contributed by atoms with Gasteiger partial charge < -0.3 is 19.2 Å². The van der Waals surface area contributed by atoms with Crippen LogP contribution in [0.3, 0.4) is 0 Å². The molecule has 3 aromatic rings. The highest BCUT2D eigenvalue weighted by Gasteiger charge is 2.43. The molecule has 0 radical (unpaired) electrons. The number of hydrogen-bond donors (Lipinski definition) is 1. The zero-order valence-corrected chi connectivity index (χ0v) is 15.5. The van der Waals surface area contributed by atoms with Crippen molar-refractivity contribution in [1.29, 1.82) is 0 Å². The molecule has 27 heavy (non-hydrogen) atoms. The minimum absolute atomic E-state index is 0.0115. The summed E-state index contributed by atoms with van der Waals surface area (Å²) in [6.45, 7) is 2.91. The first kappa shape index (κ1) is 17.6. The summed E-state index contributed by atoms with van der Waals surface area (Å²) < 4.78 is 16.2. The number of carbonyl (C=O) groups is 1. The Labute approximate surface area is 158 Å². The van der Waals surface area contributed by atoms with Crippen molar-refractivity contribution in [3.05, 3.63) is 65.9 Å². The van der Waals surface area contributed by atoms with Crippen LogP contribution in [-0.2, 0) is 9.53 Å². The summed E-state index contributed by atoms with van der Waals surface area (Å²) in [7, 11) is 1.64. The third kappa shape index (κ3) is 3.19. The van der Waals surface area contributed by atoms with E-state index in [1.807, 2.05) is 49.4 Å². The first-order valence-electron chi connectivity index (χ1n) is 9.23. The van der Waals surface area contributed by atoms with E-state index in [0.717, 1.165) is 27.8 Å². The molecule has 1 fully saturated rings. The van der Waals surface area contributed by atoms with Crippen molar-refractivity contribution in [2.75, 3.05) is 20.3 Å². The average Bonchev–Trinajstić information content (AvgIpc) is 3.35. The summed E-state index contributed by atoms with van der Waals surface area (Å²) in [5.74, 6) is 0.328. The highest BCUT2D eigenvalue weighted by molar-refractivity contribution is 5.84. The lowest BCUT2D eigenvalue weighted by Crippen LogP contribution is -2.27. The molecule has 2 heterocycles. The van der Waals surface area contributed by atoms with Crippen LogP contribution in [0.15, 0.2) is 59.2 Å². The van der Waals surface area contributed by atoms with Gasteiger partial charge in [0, 0.05) is 23.9 Å². The van der Waals surface area contributed by atoms with E-state index in [0.29, 0.717) is 13.2 Å². The Hall–Kier alpha value is -2.79. The Morgan fingerprint density at radius 3 is 2.74 bits per heavy atom. The lowest BCUT2D eigenvalue weighted by atomic mass is 9.82. The Balaban J connectivity index is 1.73. The number of benzene rings is 2. The van der Waals surface area contributed by atoms with Gasteiger partial charge in [0.15, 0.2) is 0 Å². The third-order valence-corrected chi connectivity index (χ3v) is 5.31. The first-order chi connectivity index (χ1) is 13.2. The van der Waals surface area contributed by atoms with Crippen LogP contribution in [-0.4, -0.2) is 26.2 Å². The first-order valence-corrected chi connectivity index (χ1v) is 9.23. The van der Waals surface area contributed by atoms with Gasteiger partial charge in [0.25, 0.3) is 0 Å². The molecule has 2 aromatic carbocycles. The van der Waals surface area contributed by atoms with Crippen LogP contribution < -0.4 is 10.1 Å². The monoisotopic (exact) mass is 365 g/mol. The number of rotatable bonds is 5. The smallest absolute Gasteiger partial charge is 0.311 e. The Morgan fingerprint density at radius 2 is 2.00 bits per heavy atom. The van der Waals surface area contributed by atoms with Crippen molar-refractivity contribution in [2.45, 2.75) is 18.9 Å². The Morgan fingerprint density at radius 1 is 1.19 bits per heavy atom. The molecule has 1 aromatic heterocycles. The van der Waals surface area contributed by atoms with Crippen molar-refractivity contribution < 1.29 is 18.7 Å². The number of hydrogen-bond acceptors (Lipinski definition) is 5. The van der Waals surface area contributed by atoms with Gasteiger partial charge in [0.2, 0.25) is 0 Å². The number of nitrogens with one attached hydrogen (secondary N) is 1. The SMILES string of the molecule is CCOC(=O)[C@@H]1[C@@H](c2cccc3occc23)CN[C@H]1c1ccc(OC)cc1. The number of esters is 1. The molecule has 140 valence electrons. The van der Waals surface area contributed by atoms with Crippen LogP contribution in [0.25, 0.3) is 11.0 Å². The van der Waals surface area contributed by atoms with Crippen LogP contribution in [0.4, 0.5) is 0 Å². The molecule has 1 saturated heterocycles. The fourth-order valence-electron chi connectivity index (χ4n) is 4.06. The van der Waals surface area contributed by atoms with E-state index in [1.165, 1.54) is 0 Å². The molecule has 4 rings (SSSR count). The normalized spacial score (nSPS) is 22.1. The van der Waals surface area contributed by atoms with E-state index in [4.69, 9.17) is 13.9 Å². The molecule has 5 heteroatoms. The molecular weight excluding hydrogens is 342 g/mol. The zero-order valence-electron chi connectivity index (χ0n) is 15.5. The maximum atomic E-state index is 12.9. The van der Waals surface area contributed by atoms with E-state index in [2.05, 4.69) is 11.4 Å². The second kappa shape index (κ2) is 7.45. The summed E-state index contributed by atoms with van der Waals surface area (Å²) in [4.78, 5) is 12.9.